The lowest BCUT2D eigenvalue weighted by atomic mass is 9.70. The number of ether oxygens (including phenoxy) is 1. The molecule has 6 unspecified atom stereocenters. The molecule has 2 nitrogen and oxygen atoms in total. The first-order chi connectivity index (χ1) is 6.57. The molecule has 0 saturated heterocycles. The molecule has 0 aromatic carbocycles. The van der Waals surface area contributed by atoms with Gasteiger partial charge in [-0.05, 0) is 36.0 Å². The molecule has 2 heteroatoms. The van der Waals surface area contributed by atoms with Crippen molar-refractivity contribution >= 4 is 5.97 Å². The Labute approximate surface area is 86.0 Å². The van der Waals surface area contributed by atoms with Crippen LogP contribution in [0.2, 0.25) is 0 Å². The molecule has 80 valence electrons. The number of rotatable bonds is 1. The van der Waals surface area contributed by atoms with Crippen LogP contribution in [0.15, 0.2) is 0 Å². The van der Waals surface area contributed by atoms with E-state index < -0.39 is 0 Å². The van der Waals surface area contributed by atoms with Crippen LogP contribution in [0, 0.1) is 35.5 Å². The van der Waals surface area contributed by atoms with Gasteiger partial charge in [0.1, 0.15) is 0 Å². The molecule has 2 aliphatic carbocycles. The first-order valence-corrected chi connectivity index (χ1v) is 5.65. The smallest absolute Gasteiger partial charge is 0.309 e. The zero-order chi connectivity index (χ0) is 10.5. The van der Waals surface area contributed by atoms with E-state index in [4.69, 9.17) is 4.74 Å². The van der Waals surface area contributed by atoms with Crippen molar-refractivity contribution in [1.29, 1.82) is 0 Å². The van der Waals surface area contributed by atoms with E-state index in [9.17, 15) is 4.79 Å². The summed E-state index contributed by atoms with van der Waals surface area (Å²) in [6.07, 6.45) is 1.24. The molecule has 2 aliphatic rings. The molecule has 2 bridgehead atoms. The summed E-state index contributed by atoms with van der Waals surface area (Å²) >= 11 is 0. The fourth-order valence-corrected chi connectivity index (χ4v) is 3.87. The standard InChI is InChI=1S/C12H20O2/c1-6-7(2)10-5-9(6)8(3)11(10)12(13)14-4/h6-11H,5H2,1-4H3. The second-order valence-electron chi connectivity index (χ2n) is 5.19. The summed E-state index contributed by atoms with van der Waals surface area (Å²) < 4.78 is 4.90. The van der Waals surface area contributed by atoms with Crippen LogP contribution < -0.4 is 0 Å². The van der Waals surface area contributed by atoms with Crippen molar-refractivity contribution in [3.8, 4) is 0 Å². The maximum Gasteiger partial charge on any atom is 0.309 e. The highest BCUT2D eigenvalue weighted by molar-refractivity contribution is 5.73. The Morgan fingerprint density at radius 3 is 2.14 bits per heavy atom. The third-order valence-corrected chi connectivity index (χ3v) is 4.90. The largest absolute Gasteiger partial charge is 0.469 e. The Hall–Kier alpha value is -0.530. The number of esters is 1. The van der Waals surface area contributed by atoms with Gasteiger partial charge < -0.3 is 4.74 Å². The van der Waals surface area contributed by atoms with Gasteiger partial charge in [-0.25, -0.2) is 0 Å². The highest BCUT2D eigenvalue weighted by atomic mass is 16.5. The molecule has 2 fully saturated rings. The number of hydrogen-bond donors (Lipinski definition) is 0. The van der Waals surface area contributed by atoms with E-state index in [1.807, 2.05) is 0 Å². The Morgan fingerprint density at radius 1 is 1.07 bits per heavy atom. The van der Waals surface area contributed by atoms with Crippen LogP contribution in [0.25, 0.3) is 0 Å². The molecule has 2 rings (SSSR count). The topological polar surface area (TPSA) is 26.3 Å². The van der Waals surface area contributed by atoms with Gasteiger partial charge in [0.25, 0.3) is 0 Å². The van der Waals surface area contributed by atoms with E-state index in [1.165, 1.54) is 13.5 Å². The van der Waals surface area contributed by atoms with Gasteiger partial charge in [0.15, 0.2) is 0 Å². The van der Waals surface area contributed by atoms with Crippen molar-refractivity contribution in [3.05, 3.63) is 0 Å². The van der Waals surface area contributed by atoms with E-state index in [0.717, 1.165) is 11.8 Å². The van der Waals surface area contributed by atoms with Gasteiger partial charge in [0.2, 0.25) is 0 Å². The summed E-state index contributed by atoms with van der Waals surface area (Å²) in [7, 11) is 1.51. The van der Waals surface area contributed by atoms with Crippen LogP contribution in [0.4, 0.5) is 0 Å². The van der Waals surface area contributed by atoms with Crippen molar-refractivity contribution in [1.82, 2.24) is 0 Å². The summed E-state index contributed by atoms with van der Waals surface area (Å²) in [4.78, 5) is 11.6. The number of fused-ring (bicyclic) bond motifs is 2. The molecule has 0 N–H and O–H groups in total. The third kappa shape index (κ3) is 1.12. The van der Waals surface area contributed by atoms with E-state index in [1.54, 1.807) is 0 Å². The predicted molar refractivity (Wildman–Crippen MR) is 54.6 cm³/mol. The quantitative estimate of drug-likeness (QED) is 0.602. The van der Waals surface area contributed by atoms with Crippen LogP contribution in [-0.2, 0) is 9.53 Å². The monoisotopic (exact) mass is 196 g/mol. The predicted octanol–water partition coefficient (Wildman–Crippen LogP) is 2.33. The molecule has 14 heavy (non-hydrogen) atoms. The van der Waals surface area contributed by atoms with Crippen LogP contribution in [-0.4, -0.2) is 13.1 Å². The van der Waals surface area contributed by atoms with E-state index >= 15 is 0 Å². The molecule has 0 heterocycles. The van der Waals surface area contributed by atoms with Gasteiger partial charge in [-0.2, -0.15) is 0 Å². The van der Waals surface area contributed by atoms with Gasteiger partial charge in [-0.3, -0.25) is 4.79 Å². The average molecular weight is 196 g/mol. The summed E-state index contributed by atoms with van der Waals surface area (Å²) in [5, 5.41) is 0. The average Bonchev–Trinajstić information content (AvgIpc) is 2.64. The fourth-order valence-electron chi connectivity index (χ4n) is 3.87. The molecular weight excluding hydrogens is 176 g/mol. The number of carbonyl (C=O) groups excluding carboxylic acids is 1. The lowest BCUT2D eigenvalue weighted by Crippen LogP contribution is -2.36. The molecule has 0 aromatic rings. The van der Waals surface area contributed by atoms with Crippen LogP contribution in [0.5, 0.6) is 0 Å². The summed E-state index contributed by atoms with van der Waals surface area (Å²) in [6.45, 7) is 6.84. The second-order valence-corrected chi connectivity index (χ2v) is 5.19. The first kappa shape index (κ1) is 10.0. The minimum atomic E-state index is 0.0174. The summed E-state index contributed by atoms with van der Waals surface area (Å²) in [5.74, 6) is 3.53. The number of carbonyl (C=O) groups is 1. The molecule has 6 atom stereocenters. The Kier molecular flexibility index (Phi) is 2.32. The van der Waals surface area contributed by atoms with Crippen molar-refractivity contribution in [2.45, 2.75) is 27.2 Å². The number of hydrogen-bond acceptors (Lipinski definition) is 2. The second kappa shape index (κ2) is 3.25. The molecule has 2 saturated carbocycles. The Balaban J connectivity index is 2.20. The molecule has 0 aliphatic heterocycles. The van der Waals surface area contributed by atoms with Gasteiger partial charge in [-0.15, -0.1) is 0 Å². The van der Waals surface area contributed by atoms with Crippen molar-refractivity contribution < 1.29 is 9.53 Å². The zero-order valence-corrected chi connectivity index (χ0v) is 9.49. The van der Waals surface area contributed by atoms with E-state index in [2.05, 4.69) is 20.8 Å². The molecule has 0 aromatic heterocycles. The van der Waals surface area contributed by atoms with Crippen molar-refractivity contribution in [2.24, 2.45) is 35.5 Å². The maximum atomic E-state index is 11.6. The Morgan fingerprint density at radius 2 is 1.64 bits per heavy atom. The third-order valence-electron chi connectivity index (χ3n) is 4.90. The molecule has 0 radical (unpaired) electrons. The number of methoxy groups -OCH3 is 1. The van der Waals surface area contributed by atoms with Crippen LogP contribution in [0.3, 0.4) is 0 Å². The van der Waals surface area contributed by atoms with Gasteiger partial charge >= 0.3 is 5.97 Å². The maximum absolute atomic E-state index is 11.6. The summed E-state index contributed by atoms with van der Waals surface area (Å²) in [5.41, 5.74) is 0. The van der Waals surface area contributed by atoms with Gasteiger partial charge in [0.05, 0.1) is 13.0 Å². The minimum absolute atomic E-state index is 0.0174. The Bertz CT molecular complexity index is 249. The lowest BCUT2D eigenvalue weighted by molar-refractivity contribution is -0.150. The first-order valence-electron chi connectivity index (χ1n) is 5.65. The SMILES string of the molecule is COC(=O)C1C(C)C2CC1C(C)C2C. The highest BCUT2D eigenvalue weighted by Gasteiger charge is 2.55. The molecule has 0 amide bonds. The van der Waals surface area contributed by atoms with Gasteiger partial charge in [0, 0.05) is 0 Å². The molecule has 0 spiro atoms. The molecular formula is C12H20O2. The van der Waals surface area contributed by atoms with Crippen LogP contribution >= 0.6 is 0 Å². The normalized spacial score (nSPS) is 50.9. The summed E-state index contributed by atoms with van der Waals surface area (Å²) in [6, 6.07) is 0. The lowest BCUT2D eigenvalue weighted by Gasteiger charge is -2.34. The van der Waals surface area contributed by atoms with E-state index in [-0.39, 0.29) is 11.9 Å². The van der Waals surface area contributed by atoms with Crippen molar-refractivity contribution in [2.75, 3.05) is 7.11 Å². The minimum Gasteiger partial charge on any atom is -0.469 e. The van der Waals surface area contributed by atoms with Crippen LogP contribution in [0.1, 0.15) is 27.2 Å². The van der Waals surface area contributed by atoms with Crippen molar-refractivity contribution in [3.63, 3.8) is 0 Å². The zero-order valence-electron chi connectivity index (χ0n) is 9.49. The highest BCUT2D eigenvalue weighted by Crippen LogP contribution is 2.58. The van der Waals surface area contributed by atoms with E-state index in [0.29, 0.717) is 17.8 Å². The fraction of sp³-hybridized carbons (Fsp3) is 0.917. The van der Waals surface area contributed by atoms with Gasteiger partial charge in [-0.1, -0.05) is 20.8 Å².